The third-order valence-corrected chi connectivity index (χ3v) is 3.50. The molecule has 23 heavy (non-hydrogen) atoms. The van der Waals surface area contributed by atoms with Gasteiger partial charge in [0.25, 0.3) is 0 Å². The molecule has 0 aliphatic rings. The molecule has 0 unspecified atom stereocenters. The predicted octanol–water partition coefficient (Wildman–Crippen LogP) is 4.12. The number of unbranched alkanes of at least 4 members (excludes halogenated alkanes) is 2. The van der Waals surface area contributed by atoms with Crippen LogP contribution in [-0.4, -0.2) is 13.1 Å². The fourth-order valence-corrected chi connectivity index (χ4v) is 2.29. The van der Waals surface area contributed by atoms with E-state index in [0.717, 1.165) is 43.7 Å². The van der Waals surface area contributed by atoms with Gasteiger partial charge in [-0.3, -0.25) is 0 Å². The zero-order valence-corrected chi connectivity index (χ0v) is 13.0. The molecule has 116 valence electrons. The first-order valence-electron chi connectivity index (χ1n) is 7.80. The van der Waals surface area contributed by atoms with E-state index in [4.69, 9.17) is 10.5 Å². The van der Waals surface area contributed by atoms with Crippen molar-refractivity contribution in [3.63, 3.8) is 0 Å². The molecular weight excluding hydrogens is 284 g/mol. The van der Waals surface area contributed by atoms with E-state index in [1.54, 1.807) is 12.1 Å². The van der Waals surface area contributed by atoms with E-state index in [1.807, 2.05) is 36.4 Å². The van der Waals surface area contributed by atoms with Crippen LogP contribution in [0.15, 0.2) is 48.5 Å². The lowest BCUT2D eigenvalue weighted by Crippen LogP contribution is -2.04. The first kappa shape index (κ1) is 16.4. The van der Waals surface area contributed by atoms with Crippen LogP contribution < -0.4 is 10.6 Å². The van der Waals surface area contributed by atoms with Crippen LogP contribution in [0, 0.1) is 22.7 Å². The van der Waals surface area contributed by atoms with Gasteiger partial charge in [0.15, 0.2) is 0 Å². The third kappa shape index (κ3) is 5.73. The molecule has 0 fully saturated rings. The molecule has 0 aliphatic heterocycles. The van der Waals surface area contributed by atoms with E-state index in [2.05, 4.69) is 22.8 Å². The maximum absolute atomic E-state index is 8.86. The minimum Gasteiger partial charge on any atom is -0.385 e. The van der Waals surface area contributed by atoms with Crippen molar-refractivity contribution < 1.29 is 0 Å². The maximum Gasteiger partial charge on any atom is 0.0992 e. The molecule has 0 spiro atoms. The van der Waals surface area contributed by atoms with Gasteiger partial charge < -0.3 is 10.6 Å². The van der Waals surface area contributed by atoms with Crippen molar-refractivity contribution in [2.24, 2.45) is 0 Å². The SMILES string of the molecule is N#Cc1cccc(NCCCCCNc2cccc(C#N)c2)c1. The predicted molar refractivity (Wildman–Crippen MR) is 93.1 cm³/mol. The van der Waals surface area contributed by atoms with Gasteiger partial charge in [-0.2, -0.15) is 10.5 Å². The second-order valence-corrected chi connectivity index (χ2v) is 5.30. The second kappa shape index (κ2) is 9.12. The maximum atomic E-state index is 8.86. The summed E-state index contributed by atoms with van der Waals surface area (Å²) in [5.41, 5.74) is 3.35. The van der Waals surface area contributed by atoms with Crippen LogP contribution in [0.1, 0.15) is 30.4 Å². The lowest BCUT2D eigenvalue weighted by atomic mass is 10.2. The van der Waals surface area contributed by atoms with Crippen LogP contribution in [0.2, 0.25) is 0 Å². The van der Waals surface area contributed by atoms with E-state index in [0.29, 0.717) is 11.1 Å². The molecule has 0 aliphatic carbocycles. The molecule has 0 radical (unpaired) electrons. The van der Waals surface area contributed by atoms with Crippen LogP contribution in [-0.2, 0) is 0 Å². The molecule has 2 aromatic carbocycles. The number of rotatable bonds is 8. The highest BCUT2D eigenvalue weighted by atomic mass is 14.9. The van der Waals surface area contributed by atoms with Crippen LogP contribution in [0.25, 0.3) is 0 Å². The number of hydrogen-bond acceptors (Lipinski definition) is 4. The van der Waals surface area contributed by atoms with Gasteiger partial charge in [-0.05, 0) is 55.7 Å². The highest BCUT2D eigenvalue weighted by molar-refractivity contribution is 5.49. The van der Waals surface area contributed by atoms with Gasteiger partial charge in [0, 0.05) is 24.5 Å². The smallest absolute Gasteiger partial charge is 0.0992 e. The molecule has 2 rings (SSSR count). The topological polar surface area (TPSA) is 71.6 Å². The van der Waals surface area contributed by atoms with Crippen LogP contribution >= 0.6 is 0 Å². The molecule has 2 aromatic rings. The zero-order chi connectivity index (χ0) is 16.3. The minimum atomic E-state index is 0.679. The fraction of sp³-hybridized carbons (Fsp3) is 0.263. The summed E-state index contributed by atoms with van der Waals surface area (Å²) in [7, 11) is 0. The van der Waals surface area contributed by atoms with Gasteiger partial charge in [0.05, 0.1) is 23.3 Å². The summed E-state index contributed by atoms with van der Waals surface area (Å²) in [4.78, 5) is 0. The Morgan fingerprint density at radius 1 is 0.696 bits per heavy atom. The molecule has 0 atom stereocenters. The monoisotopic (exact) mass is 304 g/mol. The van der Waals surface area contributed by atoms with Crippen LogP contribution in [0.5, 0.6) is 0 Å². The third-order valence-electron chi connectivity index (χ3n) is 3.50. The van der Waals surface area contributed by atoms with E-state index in [9.17, 15) is 0 Å². The summed E-state index contributed by atoms with van der Waals surface area (Å²) in [5.74, 6) is 0. The van der Waals surface area contributed by atoms with E-state index in [1.165, 1.54) is 0 Å². The van der Waals surface area contributed by atoms with Crippen molar-refractivity contribution in [3.05, 3.63) is 59.7 Å². The Labute approximate surface area is 137 Å². The molecule has 4 nitrogen and oxygen atoms in total. The average molecular weight is 304 g/mol. The first-order chi connectivity index (χ1) is 11.3. The Balaban J connectivity index is 1.59. The Morgan fingerprint density at radius 2 is 1.17 bits per heavy atom. The normalized spacial score (nSPS) is 9.65. The minimum absolute atomic E-state index is 0.679. The molecular formula is C19H20N4. The molecule has 4 heteroatoms. The van der Waals surface area contributed by atoms with E-state index in [-0.39, 0.29) is 0 Å². The van der Waals surface area contributed by atoms with Crippen molar-refractivity contribution in [2.75, 3.05) is 23.7 Å². The molecule has 0 aromatic heterocycles. The quantitative estimate of drug-likeness (QED) is 0.719. The summed E-state index contributed by atoms with van der Waals surface area (Å²) < 4.78 is 0. The lowest BCUT2D eigenvalue weighted by Gasteiger charge is -2.08. The molecule has 0 saturated heterocycles. The van der Waals surface area contributed by atoms with Gasteiger partial charge in [-0.1, -0.05) is 12.1 Å². The second-order valence-electron chi connectivity index (χ2n) is 5.30. The van der Waals surface area contributed by atoms with Crippen LogP contribution in [0.4, 0.5) is 11.4 Å². The molecule has 0 heterocycles. The highest BCUT2D eigenvalue weighted by Gasteiger charge is 1.96. The summed E-state index contributed by atoms with van der Waals surface area (Å²) in [6, 6.07) is 19.4. The van der Waals surface area contributed by atoms with Crippen molar-refractivity contribution in [3.8, 4) is 12.1 Å². The Kier molecular flexibility index (Phi) is 6.50. The number of hydrogen-bond donors (Lipinski definition) is 2. The number of nitriles is 2. The van der Waals surface area contributed by atoms with Crippen molar-refractivity contribution in [1.29, 1.82) is 10.5 Å². The molecule has 0 amide bonds. The first-order valence-corrected chi connectivity index (χ1v) is 7.80. The Bertz CT molecular complexity index is 648. The number of nitrogens with one attached hydrogen (secondary N) is 2. The molecule has 2 N–H and O–H groups in total. The number of benzene rings is 2. The average Bonchev–Trinajstić information content (AvgIpc) is 2.61. The van der Waals surface area contributed by atoms with Crippen molar-refractivity contribution in [1.82, 2.24) is 0 Å². The summed E-state index contributed by atoms with van der Waals surface area (Å²) in [5, 5.41) is 24.4. The largest absolute Gasteiger partial charge is 0.385 e. The molecule has 0 bridgehead atoms. The van der Waals surface area contributed by atoms with Gasteiger partial charge >= 0.3 is 0 Å². The molecule has 0 saturated carbocycles. The Hall–Kier alpha value is -2.98. The summed E-state index contributed by atoms with van der Waals surface area (Å²) >= 11 is 0. The highest BCUT2D eigenvalue weighted by Crippen LogP contribution is 2.11. The number of anilines is 2. The van der Waals surface area contributed by atoms with Gasteiger partial charge in [-0.15, -0.1) is 0 Å². The van der Waals surface area contributed by atoms with Crippen molar-refractivity contribution >= 4 is 11.4 Å². The summed E-state index contributed by atoms with van der Waals surface area (Å²) in [6.07, 6.45) is 3.28. The number of nitrogens with zero attached hydrogens (tertiary/aromatic N) is 2. The van der Waals surface area contributed by atoms with Gasteiger partial charge in [-0.25, -0.2) is 0 Å². The van der Waals surface area contributed by atoms with Crippen molar-refractivity contribution in [2.45, 2.75) is 19.3 Å². The summed E-state index contributed by atoms with van der Waals surface area (Å²) in [6.45, 7) is 1.80. The standard InChI is InChI=1S/C19H20N4/c20-14-16-6-4-8-18(12-16)22-10-2-1-3-11-23-19-9-5-7-17(13-19)15-21/h4-9,12-13,22-23H,1-3,10-11H2. The van der Waals surface area contributed by atoms with Gasteiger partial charge in [0.2, 0.25) is 0 Å². The van der Waals surface area contributed by atoms with E-state index < -0.39 is 0 Å². The lowest BCUT2D eigenvalue weighted by molar-refractivity contribution is 0.721. The fourth-order valence-electron chi connectivity index (χ4n) is 2.29. The van der Waals surface area contributed by atoms with Gasteiger partial charge in [0.1, 0.15) is 0 Å². The Morgan fingerprint density at radius 3 is 1.61 bits per heavy atom. The zero-order valence-electron chi connectivity index (χ0n) is 13.0. The van der Waals surface area contributed by atoms with E-state index >= 15 is 0 Å². The van der Waals surface area contributed by atoms with Crippen LogP contribution in [0.3, 0.4) is 0 Å².